The molecule has 0 saturated carbocycles. The largest absolute Gasteiger partial charge is 0.366 e. The van der Waals surface area contributed by atoms with Gasteiger partial charge in [0.2, 0.25) is 5.91 Å². The first-order valence-electron chi connectivity index (χ1n) is 3.74. The molecule has 0 saturated heterocycles. The van der Waals surface area contributed by atoms with Gasteiger partial charge in [0.05, 0.1) is 0 Å². The first-order chi connectivity index (χ1) is 5.66. The Labute approximate surface area is 92.0 Å². The van der Waals surface area contributed by atoms with E-state index in [1.165, 1.54) is 0 Å². The molecule has 0 bridgehead atoms. The van der Waals surface area contributed by atoms with Gasteiger partial charge in [-0.15, -0.1) is 12.4 Å². The number of primary amides is 1. The Kier molecular flexibility index (Phi) is 5.03. The third kappa shape index (κ3) is 2.71. The van der Waals surface area contributed by atoms with Crippen molar-refractivity contribution in [2.75, 3.05) is 0 Å². The molecule has 0 aliphatic carbocycles. The summed E-state index contributed by atoms with van der Waals surface area (Å²) < 4.78 is 0.946. The predicted molar refractivity (Wildman–Crippen MR) is 59.3 cm³/mol. The number of hydrogen-bond acceptors (Lipinski definition) is 1. The van der Waals surface area contributed by atoms with Gasteiger partial charge in [-0.1, -0.05) is 28.9 Å². The minimum absolute atomic E-state index is 0. The average Bonchev–Trinajstić information content (AvgIpc) is 2.03. The summed E-state index contributed by atoms with van der Waals surface area (Å²) in [4.78, 5) is 10.9. The molecule has 4 heteroatoms. The highest BCUT2D eigenvalue weighted by atomic mass is 79.9. The van der Waals surface area contributed by atoms with E-state index in [-0.39, 0.29) is 18.3 Å². The minimum Gasteiger partial charge on any atom is -0.366 e. The molecule has 1 aromatic carbocycles. The van der Waals surface area contributed by atoms with Crippen LogP contribution in [0.5, 0.6) is 0 Å². The standard InChI is InChI=1S/C9H10BrNO.ClH/c1-2-6-7(9(11)12)4-3-5-8(6)10;/h3-5H,2H2,1H3,(H2,11,12);1H. The van der Waals surface area contributed by atoms with E-state index < -0.39 is 0 Å². The van der Waals surface area contributed by atoms with E-state index in [0.717, 1.165) is 16.5 Å². The maximum absolute atomic E-state index is 10.9. The van der Waals surface area contributed by atoms with Gasteiger partial charge in [-0.25, -0.2) is 0 Å². The van der Waals surface area contributed by atoms with Gasteiger partial charge in [-0.2, -0.15) is 0 Å². The molecule has 0 heterocycles. The van der Waals surface area contributed by atoms with Gasteiger partial charge in [0, 0.05) is 10.0 Å². The first kappa shape index (κ1) is 12.5. The van der Waals surface area contributed by atoms with E-state index in [0.29, 0.717) is 5.56 Å². The zero-order valence-corrected chi connectivity index (χ0v) is 9.61. The quantitative estimate of drug-likeness (QED) is 0.876. The van der Waals surface area contributed by atoms with Gasteiger partial charge in [-0.05, 0) is 24.1 Å². The van der Waals surface area contributed by atoms with Crippen LogP contribution in [0.2, 0.25) is 0 Å². The summed E-state index contributed by atoms with van der Waals surface area (Å²) in [5, 5.41) is 0. The fourth-order valence-corrected chi connectivity index (χ4v) is 1.80. The molecule has 0 unspecified atom stereocenters. The van der Waals surface area contributed by atoms with Crippen LogP contribution in [0.1, 0.15) is 22.8 Å². The van der Waals surface area contributed by atoms with Crippen LogP contribution in [0.15, 0.2) is 22.7 Å². The van der Waals surface area contributed by atoms with Gasteiger partial charge < -0.3 is 5.73 Å². The molecule has 0 fully saturated rings. The van der Waals surface area contributed by atoms with Crippen molar-refractivity contribution in [3.63, 3.8) is 0 Å². The lowest BCUT2D eigenvalue weighted by atomic mass is 10.1. The van der Waals surface area contributed by atoms with Crippen LogP contribution in [0.25, 0.3) is 0 Å². The highest BCUT2D eigenvalue weighted by Gasteiger charge is 2.08. The van der Waals surface area contributed by atoms with Crippen LogP contribution >= 0.6 is 28.3 Å². The van der Waals surface area contributed by atoms with Crippen molar-refractivity contribution in [1.29, 1.82) is 0 Å². The fraction of sp³-hybridized carbons (Fsp3) is 0.222. The summed E-state index contributed by atoms with van der Waals surface area (Å²) in [6.07, 6.45) is 0.805. The summed E-state index contributed by atoms with van der Waals surface area (Å²) in [5.74, 6) is -0.367. The Balaban J connectivity index is 0.00000144. The molecule has 0 aromatic heterocycles. The van der Waals surface area contributed by atoms with Crippen LogP contribution < -0.4 is 5.73 Å². The van der Waals surface area contributed by atoms with Gasteiger partial charge in [-0.3, -0.25) is 4.79 Å². The van der Waals surface area contributed by atoms with E-state index in [2.05, 4.69) is 15.9 Å². The van der Waals surface area contributed by atoms with Crippen LogP contribution in [0.3, 0.4) is 0 Å². The molecule has 0 atom stereocenters. The zero-order chi connectivity index (χ0) is 9.14. The van der Waals surface area contributed by atoms with Gasteiger partial charge in [0.15, 0.2) is 0 Å². The molecule has 1 amide bonds. The topological polar surface area (TPSA) is 43.1 Å². The van der Waals surface area contributed by atoms with Crippen molar-refractivity contribution in [2.24, 2.45) is 5.73 Å². The summed E-state index contributed by atoms with van der Waals surface area (Å²) in [5.41, 5.74) is 6.78. The van der Waals surface area contributed by atoms with Gasteiger partial charge in [0.1, 0.15) is 0 Å². The number of benzene rings is 1. The Hall–Kier alpha value is -0.540. The summed E-state index contributed by atoms with van der Waals surface area (Å²) >= 11 is 3.37. The minimum atomic E-state index is -0.367. The number of halogens is 2. The molecule has 72 valence electrons. The highest BCUT2D eigenvalue weighted by Crippen LogP contribution is 2.20. The number of nitrogens with two attached hydrogens (primary N) is 1. The molecule has 2 N–H and O–H groups in total. The lowest BCUT2D eigenvalue weighted by molar-refractivity contribution is 0.0999. The highest BCUT2D eigenvalue weighted by molar-refractivity contribution is 9.10. The molecule has 13 heavy (non-hydrogen) atoms. The Morgan fingerprint density at radius 2 is 2.15 bits per heavy atom. The Bertz CT molecular complexity index is 314. The SMILES string of the molecule is CCc1c(Br)cccc1C(N)=O.Cl. The molecule has 1 rings (SSSR count). The normalized spacial score (nSPS) is 9.08. The second-order valence-corrected chi connectivity index (χ2v) is 3.34. The molecule has 0 aliphatic rings. The maximum atomic E-state index is 10.9. The van der Waals surface area contributed by atoms with Crippen molar-refractivity contribution in [1.82, 2.24) is 0 Å². The molecular weight excluding hydrogens is 253 g/mol. The molecule has 2 nitrogen and oxygen atoms in total. The third-order valence-corrected chi connectivity index (χ3v) is 2.48. The third-order valence-electron chi connectivity index (χ3n) is 1.74. The molecule has 0 spiro atoms. The number of amides is 1. The maximum Gasteiger partial charge on any atom is 0.249 e. The van der Waals surface area contributed by atoms with Crippen LogP contribution in [-0.4, -0.2) is 5.91 Å². The van der Waals surface area contributed by atoms with Crippen LogP contribution in [-0.2, 0) is 6.42 Å². The first-order valence-corrected chi connectivity index (χ1v) is 4.53. The van der Waals surface area contributed by atoms with E-state index in [4.69, 9.17) is 5.73 Å². The van der Waals surface area contributed by atoms with E-state index in [1.54, 1.807) is 6.07 Å². The van der Waals surface area contributed by atoms with Crippen LogP contribution in [0, 0.1) is 0 Å². The number of hydrogen-bond donors (Lipinski definition) is 1. The Morgan fingerprint density at radius 3 is 2.54 bits per heavy atom. The van der Waals surface area contributed by atoms with Gasteiger partial charge >= 0.3 is 0 Å². The lowest BCUT2D eigenvalue weighted by Crippen LogP contribution is -2.13. The summed E-state index contributed by atoms with van der Waals surface area (Å²) in [6, 6.07) is 5.46. The van der Waals surface area contributed by atoms with Crippen molar-refractivity contribution in [3.05, 3.63) is 33.8 Å². The number of carbonyl (C=O) groups excluding carboxylic acids is 1. The van der Waals surface area contributed by atoms with Gasteiger partial charge in [0.25, 0.3) is 0 Å². The van der Waals surface area contributed by atoms with Crippen molar-refractivity contribution < 1.29 is 4.79 Å². The number of carbonyl (C=O) groups is 1. The smallest absolute Gasteiger partial charge is 0.249 e. The molecular formula is C9H11BrClNO. The van der Waals surface area contributed by atoms with Crippen molar-refractivity contribution >= 4 is 34.2 Å². The summed E-state index contributed by atoms with van der Waals surface area (Å²) in [6.45, 7) is 1.99. The molecule has 0 aliphatic heterocycles. The van der Waals surface area contributed by atoms with Crippen LogP contribution in [0.4, 0.5) is 0 Å². The zero-order valence-electron chi connectivity index (χ0n) is 7.21. The summed E-state index contributed by atoms with van der Waals surface area (Å²) in [7, 11) is 0. The van der Waals surface area contributed by atoms with E-state index >= 15 is 0 Å². The predicted octanol–water partition coefficient (Wildman–Crippen LogP) is 2.53. The fourth-order valence-electron chi connectivity index (χ4n) is 1.15. The number of rotatable bonds is 2. The van der Waals surface area contributed by atoms with E-state index in [1.807, 2.05) is 19.1 Å². The molecule has 1 aromatic rings. The molecule has 0 radical (unpaired) electrons. The average molecular weight is 265 g/mol. The Morgan fingerprint density at radius 1 is 1.54 bits per heavy atom. The van der Waals surface area contributed by atoms with Crippen molar-refractivity contribution in [2.45, 2.75) is 13.3 Å². The lowest BCUT2D eigenvalue weighted by Gasteiger charge is -2.05. The van der Waals surface area contributed by atoms with E-state index in [9.17, 15) is 4.79 Å². The second kappa shape index (κ2) is 5.25. The monoisotopic (exact) mass is 263 g/mol. The second-order valence-electron chi connectivity index (χ2n) is 2.48. The van der Waals surface area contributed by atoms with Crippen molar-refractivity contribution in [3.8, 4) is 0 Å².